The summed E-state index contributed by atoms with van der Waals surface area (Å²) in [5.74, 6) is 2.22. The van der Waals surface area contributed by atoms with Crippen molar-refractivity contribution in [2.24, 2.45) is 0 Å². The van der Waals surface area contributed by atoms with Crippen LogP contribution in [0.4, 0.5) is 17.2 Å². The van der Waals surface area contributed by atoms with E-state index in [0.717, 1.165) is 5.69 Å². The van der Waals surface area contributed by atoms with Gasteiger partial charge in [0, 0.05) is 23.5 Å². The lowest BCUT2D eigenvalue weighted by Gasteiger charge is -2.09. The van der Waals surface area contributed by atoms with E-state index in [-0.39, 0.29) is 18.4 Å². The van der Waals surface area contributed by atoms with Crippen molar-refractivity contribution in [2.75, 3.05) is 24.5 Å². The van der Waals surface area contributed by atoms with E-state index >= 15 is 0 Å². The van der Waals surface area contributed by atoms with E-state index in [1.807, 2.05) is 18.2 Å². The number of amides is 1. The van der Waals surface area contributed by atoms with E-state index in [2.05, 4.69) is 20.6 Å². The average Bonchev–Trinajstić information content (AvgIpc) is 3.16. The standard InChI is InChI=1S/C19H16N4O4/c1-25-14-5-2-12(3-6-14)23-19(24)15-9-18(21-10-20-15)22-13-4-7-16-17(8-13)27-11-26-16/h2-10H,11H2,1H3,(H,23,24)(H,20,21,22). The van der Waals surface area contributed by atoms with Gasteiger partial charge in [-0.1, -0.05) is 0 Å². The predicted molar refractivity (Wildman–Crippen MR) is 98.8 cm³/mol. The van der Waals surface area contributed by atoms with Crippen LogP contribution in [0, 0.1) is 0 Å². The largest absolute Gasteiger partial charge is 0.497 e. The second kappa shape index (κ2) is 7.20. The number of rotatable bonds is 5. The highest BCUT2D eigenvalue weighted by atomic mass is 16.7. The Hall–Kier alpha value is -3.81. The fourth-order valence-corrected chi connectivity index (χ4v) is 2.54. The number of aromatic nitrogens is 2. The Morgan fingerprint density at radius 3 is 2.59 bits per heavy atom. The second-order valence-electron chi connectivity index (χ2n) is 5.66. The Balaban J connectivity index is 1.47. The second-order valence-corrected chi connectivity index (χ2v) is 5.66. The van der Waals surface area contributed by atoms with Crippen LogP contribution in [0.2, 0.25) is 0 Å². The molecule has 1 aromatic heterocycles. The van der Waals surface area contributed by atoms with Crippen LogP contribution >= 0.6 is 0 Å². The zero-order valence-corrected chi connectivity index (χ0v) is 14.4. The fourth-order valence-electron chi connectivity index (χ4n) is 2.54. The summed E-state index contributed by atoms with van der Waals surface area (Å²) in [4.78, 5) is 20.6. The van der Waals surface area contributed by atoms with Crippen LogP contribution in [0.15, 0.2) is 54.9 Å². The molecule has 2 N–H and O–H groups in total. The smallest absolute Gasteiger partial charge is 0.274 e. The highest BCUT2D eigenvalue weighted by Crippen LogP contribution is 2.34. The molecule has 8 heteroatoms. The topological polar surface area (TPSA) is 94.6 Å². The lowest BCUT2D eigenvalue weighted by Crippen LogP contribution is -2.14. The minimum atomic E-state index is -0.337. The Morgan fingerprint density at radius 1 is 1.00 bits per heavy atom. The maximum atomic E-state index is 12.4. The maximum absolute atomic E-state index is 12.4. The van der Waals surface area contributed by atoms with E-state index < -0.39 is 0 Å². The molecule has 0 radical (unpaired) electrons. The highest BCUT2D eigenvalue weighted by molar-refractivity contribution is 6.03. The first kappa shape index (κ1) is 16.6. The van der Waals surface area contributed by atoms with E-state index in [4.69, 9.17) is 14.2 Å². The maximum Gasteiger partial charge on any atom is 0.274 e. The van der Waals surface area contributed by atoms with Gasteiger partial charge in [0.1, 0.15) is 23.6 Å². The Bertz CT molecular complexity index is 976. The SMILES string of the molecule is COc1ccc(NC(=O)c2cc(Nc3ccc4c(c3)OCO4)ncn2)cc1. The Labute approximate surface area is 155 Å². The summed E-state index contributed by atoms with van der Waals surface area (Å²) in [5.41, 5.74) is 1.65. The van der Waals surface area contributed by atoms with Gasteiger partial charge in [-0.25, -0.2) is 9.97 Å². The molecule has 2 aromatic carbocycles. The van der Waals surface area contributed by atoms with Gasteiger partial charge in [0.15, 0.2) is 11.5 Å². The number of carbonyl (C=O) groups is 1. The number of benzene rings is 2. The van der Waals surface area contributed by atoms with Crippen molar-refractivity contribution < 1.29 is 19.0 Å². The van der Waals surface area contributed by atoms with Crippen molar-refractivity contribution in [2.45, 2.75) is 0 Å². The van der Waals surface area contributed by atoms with Crippen molar-refractivity contribution in [3.05, 3.63) is 60.6 Å². The molecule has 1 amide bonds. The van der Waals surface area contributed by atoms with E-state index in [1.54, 1.807) is 37.4 Å². The minimum Gasteiger partial charge on any atom is -0.497 e. The molecule has 0 unspecified atom stereocenters. The number of nitrogens with zero attached hydrogens (tertiary/aromatic N) is 2. The van der Waals surface area contributed by atoms with Gasteiger partial charge in [-0.15, -0.1) is 0 Å². The molecule has 8 nitrogen and oxygen atoms in total. The number of carbonyl (C=O) groups excluding carboxylic acids is 1. The summed E-state index contributed by atoms with van der Waals surface area (Å²) in [6.07, 6.45) is 1.33. The average molecular weight is 364 g/mol. The molecule has 4 rings (SSSR count). The summed E-state index contributed by atoms with van der Waals surface area (Å²) >= 11 is 0. The molecule has 0 spiro atoms. The van der Waals surface area contributed by atoms with Crippen molar-refractivity contribution in [1.82, 2.24) is 9.97 Å². The minimum absolute atomic E-state index is 0.210. The highest BCUT2D eigenvalue weighted by Gasteiger charge is 2.14. The normalized spacial score (nSPS) is 11.7. The van der Waals surface area contributed by atoms with Gasteiger partial charge in [-0.05, 0) is 36.4 Å². The van der Waals surface area contributed by atoms with Crippen LogP contribution in [0.1, 0.15) is 10.5 Å². The number of methoxy groups -OCH3 is 1. The lowest BCUT2D eigenvalue weighted by molar-refractivity contribution is 0.102. The van der Waals surface area contributed by atoms with Gasteiger partial charge in [0.2, 0.25) is 6.79 Å². The molecule has 0 fully saturated rings. The molecule has 2 heterocycles. The summed E-state index contributed by atoms with van der Waals surface area (Å²) < 4.78 is 15.7. The van der Waals surface area contributed by atoms with Gasteiger partial charge in [0.25, 0.3) is 5.91 Å². The molecule has 3 aromatic rings. The first-order valence-electron chi connectivity index (χ1n) is 8.15. The van der Waals surface area contributed by atoms with E-state index in [9.17, 15) is 4.79 Å². The molecule has 0 aliphatic carbocycles. The van der Waals surface area contributed by atoms with Crippen molar-refractivity contribution in [3.8, 4) is 17.2 Å². The summed E-state index contributed by atoms with van der Waals surface area (Å²) in [6.45, 7) is 0.210. The lowest BCUT2D eigenvalue weighted by atomic mass is 10.2. The third-order valence-corrected chi connectivity index (χ3v) is 3.89. The number of nitrogens with one attached hydrogen (secondary N) is 2. The van der Waals surface area contributed by atoms with Gasteiger partial charge in [-0.3, -0.25) is 4.79 Å². The van der Waals surface area contributed by atoms with Crippen LogP contribution in [0.5, 0.6) is 17.2 Å². The molecule has 136 valence electrons. The number of hydrogen-bond donors (Lipinski definition) is 2. The van der Waals surface area contributed by atoms with Crippen LogP contribution in [0.3, 0.4) is 0 Å². The van der Waals surface area contributed by atoms with Crippen LogP contribution in [0.25, 0.3) is 0 Å². The van der Waals surface area contributed by atoms with E-state index in [1.165, 1.54) is 6.33 Å². The predicted octanol–water partition coefficient (Wildman–Crippen LogP) is 3.21. The molecule has 1 aliphatic rings. The molecule has 1 aliphatic heterocycles. The number of ether oxygens (including phenoxy) is 3. The van der Waals surface area contributed by atoms with Gasteiger partial charge in [0.05, 0.1) is 7.11 Å². The molecule has 0 saturated heterocycles. The third-order valence-electron chi connectivity index (χ3n) is 3.89. The number of anilines is 3. The molecular formula is C19H16N4O4. The summed E-state index contributed by atoms with van der Waals surface area (Å²) in [5, 5.41) is 5.91. The van der Waals surface area contributed by atoms with Gasteiger partial charge in [-0.2, -0.15) is 0 Å². The molecule has 0 saturated carbocycles. The van der Waals surface area contributed by atoms with Crippen molar-refractivity contribution in [1.29, 1.82) is 0 Å². The van der Waals surface area contributed by atoms with Crippen LogP contribution in [-0.4, -0.2) is 29.8 Å². The summed E-state index contributed by atoms with van der Waals surface area (Å²) in [7, 11) is 1.59. The first-order valence-corrected chi connectivity index (χ1v) is 8.15. The van der Waals surface area contributed by atoms with Crippen molar-refractivity contribution >= 4 is 23.1 Å². The molecule has 0 atom stereocenters. The third kappa shape index (κ3) is 3.74. The first-order chi connectivity index (χ1) is 13.2. The Kier molecular flexibility index (Phi) is 4.44. The van der Waals surface area contributed by atoms with E-state index in [0.29, 0.717) is 28.8 Å². The number of hydrogen-bond acceptors (Lipinski definition) is 7. The fraction of sp³-hybridized carbons (Fsp3) is 0.105. The zero-order valence-electron chi connectivity index (χ0n) is 14.4. The van der Waals surface area contributed by atoms with Gasteiger partial charge >= 0.3 is 0 Å². The summed E-state index contributed by atoms with van der Waals surface area (Å²) in [6, 6.07) is 14.1. The quantitative estimate of drug-likeness (QED) is 0.718. The number of fused-ring (bicyclic) bond motifs is 1. The van der Waals surface area contributed by atoms with Crippen LogP contribution in [-0.2, 0) is 0 Å². The van der Waals surface area contributed by atoms with Gasteiger partial charge < -0.3 is 24.8 Å². The zero-order chi connectivity index (χ0) is 18.6. The van der Waals surface area contributed by atoms with Crippen molar-refractivity contribution in [3.63, 3.8) is 0 Å². The monoisotopic (exact) mass is 364 g/mol. The Morgan fingerprint density at radius 2 is 1.78 bits per heavy atom. The van der Waals surface area contributed by atoms with Crippen LogP contribution < -0.4 is 24.8 Å². The molecule has 0 bridgehead atoms. The molecular weight excluding hydrogens is 348 g/mol. The molecule has 27 heavy (non-hydrogen) atoms.